The molecule has 1 saturated heterocycles. The van der Waals surface area contributed by atoms with Gasteiger partial charge in [0, 0.05) is 32.0 Å². The minimum Gasteiger partial charge on any atom is -0.338 e. The second-order valence-electron chi connectivity index (χ2n) is 5.64. The van der Waals surface area contributed by atoms with E-state index < -0.39 is 9.84 Å². The SMILES string of the molecule is CCN(CCc1ccncc1)C(=O)NCC1CCS(=O)(=O)C1. The molecule has 0 spiro atoms. The molecular formula is C15H23N3O3S. The van der Waals surface area contributed by atoms with Crippen molar-refractivity contribution in [2.24, 2.45) is 5.92 Å². The highest BCUT2D eigenvalue weighted by Crippen LogP contribution is 2.17. The Bertz CT molecular complexity index is 589. The summed E-state index contributed by atoms with van der Waals surface area (Å²) < 4.78 is 22.8. The van der Waals surface area contributed by atoms with Crippen LogP contribution in [-0.4, -0.2) is 55.5 Å². The van der Waals surface area contributed by atoms with Gasteiger partial charge in [-0.25, -0.2) is 13.2 Å². The third kappa shape index (κ3) is 4.98. The van der Waals surface area contributed by atoms with Crippen molar-refractivity contribution >= 4 is 15.9 Å². The van der Waals surface area contributed by atoms with E-state index in [1.54, 1.807) is 17.3 Å². The van der Waals surface area contributed by atoms with Crippen LogP contribution in [0, 0.1) is 5.92 Å². The molecule has 2 rings (SSSR count). The molecule has 2 amide bonds. The topological polar surface area (TPSA) is 79.4 Å². The summed E-state index contributed by atoms with van der Waals surface area (Å²) >= 11 is 0. The summed E-state index contributed by atoms with van der Waals surface area (Å²) in [6.45, 7) is 3.63. The molecule has 0 aromatic carbocycles. The zero-order chi connectivity index (χ0) is 16.0. The van der Waals surface area contributed by atoms with Gasteiger partial charge in [-0.05, 0) is 43.4 Å². The van der Waals surface area contributed by atoms with Crippen LogP contribution in [-0.2, 0) is 16.3 Å². The highest BCUT2D eigenvalue weighted by atomic mass is 32.2. The minimum absolute atomic E-state index is 0.0489. The Morgan fingerprint density at radius 2 is 2.14 bits per heavy atom. The second kappa shape index (κ2) is 7.58. The highest BCUT2D eigenvalue weighted by Gasteiger charge is 2.28. The summed E-state index contributed by atoms with van der Waals surface area (Å²) in [5, 5.41) is 2.86. The molecule has 2 heterocycles. The Morgan fingerprint density at radius 3 is 2.73 bits per heavy atom. The van der Waals surface area contributed by atoms with Crippen LogP contribution in [0.3, 0.4) is 0 Å². The zero-order valence-electron chi connectivity index (χ0n) is 12.9. The highest BCUT2D eigenvalue weighted by molar-refractivity contribution is 7.91. The summed E-state index contributed by atoms with van der Waals surface area (Å²) in [7, 11) is -2.89. The fourth-order valence-corrected chi connectivity index (χ4v) is 4.46. The van der Waals surface area contributed by atoms with Crippen LogP contribution in [0.5, 0.6) is 0 Å². The van der Waals surface area contributed by atoms with Gasteiger partial charge in [-0.2, -0.15) is 0 Å². The van der Waals surface area contributed by atoms with Crippen molar-refractivity contribution < 1.29 is 13.2 Å². The zero-order valence-corrected chi connectivity index (χ0v) is 13.7. The van der Waals surface area contributed by atoms with Crippen LogP contribution < -0.4 is 5.32 Å². The normalized spacial score (nSPS) is 19.8. The maximum atomic E-state index is 12.2. The van der Waals surface area contributed by atoms with Crippen molar-refractivity contribution in [2.75, 3.05) is 31.1 Å². The summed E-state index contributed by atoms with van der Waals surface area (Å²) in [6.07, 6.45) is 4.91. The second-order valence-corrected chi connectivity index (χ2v) is 7.87. The average molecular weight is 325 g/mol. The maximum Gasteiger partial charge on any atom is 0.317 e. The number of carbonyl (C=O) groups is 1. The molecule has 7 heteroatoms. The number of hydrogen-bond donors (Lipinski definition) is 1. The van der Waals surface area contributed by atoms with E-state index in [0.717, 1.165) is 12.0 Å². The van der Waals surface area contributed by atoms with Gasteiger partial charge in [-0.3, -0.25) is 4.98 Å². The van der Waals surface area contributed by atoms with E-state index >= 15 is 0 Å². The molecule has 1 aromatic heterocycles. The Kier molecular flexibility index (Phi) is 5.76. The van der Waals surface area contributed by atoms with E-state index in [1.807, 2.05) is 19.1 Å². The van der Waals surface area contributed by atoms with Gasteiger partial charge in [0.1, 0.15) is 0 Å². The number of carbonyl (C=O) groups excluding carboxylic acids is 1. The molecule has 1 aromatic rings. The van der Waals surface area contributed by atoms with Crippen molar-refractivity contribution in [1.82, 2.24) is 15.2 Å². The molecule has 1 aliphatic heterocycles. The number of pyridine rings is 1. The molecule has 0 saturated carbocycles. The summed E-state index contributed by atoms with van der Waals surface area (Å²) in [6, 6.07) is 3.76. The number of aromatic nitrogens is 1. The molecule has 1 fully saturated rings. The van der Waals surface area contributed by atoms with Gasteiger partial charge in [-0.15, -0.1) is 0 Å². The number of sulfone groups is 1. The molecule has 122 valence electrons. The number of nitrogens with zero attached hydrogens (tertiary/aromatic N) is 2. The molecule has 22 heavy (non-hydrogen) atoms. The predicted molar refractivity (Wildman–Crippen MR) is 85.3 cm³/mol. The Labute approximate surface area is 131 Å². The van der Waals surface area contributed by atoms with E-state index in [0.29, 0.717) is 26.1 Å². The number of rotatable bonds is 6. The lowest BCUT2D eigenvalue weighted by Crippen LogP contribution is -2.42. The monoisotopic (exact) mass is 325 g/mol. The Balaban J connectivity index is 1.77. The Morgan fingerprint density at radius 1 is 1.41 bits per heavy atom. The number of nitrogens with one attached hydrogen (secondary N) is 1. The van der Waals surface area contributed by atoms with Crippen molar-refractivity contribution in [3.8, 4) is 0 Å². The van der Waals surface area contributed by atoms with Crippen molar-refractivity contribution in [3.63, 3.8) is 0 Å². The first kappa shape index (κ1) is 16.7. The van der Waals surface area contributed by atoms with Gasteiger partial charge in [0.2, 0.25) is 0 Å². The van der Waals surface area contributed by atoms with Crippen LogP contribution in [0.1, 0.15) is 18.9 Å². The third-order valence-electron chi connectivity index (χ3n) is 3.96. The van der Waals surface area contributed by atoms with E-state index in [9.17, 15) is 13.2 Å². The van der Waals surface area contributed by atoms with Crippen molar-refractivity contribution in [1.29, 1.82) is 0 Å². The van der Waals surface area contributed by atoms with Crippen molar-refractivity contribution in [2.45, 2.75) is 19.8 Å². The lowest BCUT2D eigenvalue weighted by molar-refractivity contribution is 0.199. The largest absolute Gasteiger partial charge is 0.338 e. The smallest absolute Gasteiger partial charge is 0.317 e. The van der Waals surface area contributed by atoms with Gasteiger partial charge in [0.05, 0.1) is 11.5 Å². The number of amides is 2. The first-order valence-electron chi connectivity index (χ1n) is 7.62. The van der Waals surface area contributed by atoms with Gasteiger partial charge >= 0.3 is 6.03 Å². The summed E-state index contributed by atoms with van der Waals surface area (Å²) in [5.74, 6) is 0.483. The molecular weight excluding hydrogens is 302 g/mol. The summed E-state index contributed by atoms with van der Waals surface area (Å²) in [4.78, 5) is 17.9. The molecule has 0 radical (unpaired) electrons. The fraction of sp³-hybridized carbons (Fsp3) is 0.600. The Hall–Kier alpha value is -1.63. The summed E-state index contributed by atoms with van der Waals surface area (Å²) in [5.41, 5.74) is 1.14. The fourth-order valence-electron chi connectivity index (χ4n) is 2.59. The van der Waals surface area contributed by atoms with Gasteiger partial charge in [0.25, 0.3) is 0 Å². The van der Waals surface area contributed by atoms with Crippen molar-refractivity contribution in [3.05, 3.63) is 30.1 Å². The predicted octanol–water partition coefficient (Wildman–Crippen LogP) is 1.09. The molecule has 1 unspecified atom stereocenters. The van der Waals surface area contributed by atoms with E-state index in [2.05, 4.69) is 10.3 Å². The maximum absolute atomic E-state index is 12.2. The number of likely N-dealkylation sites (N-methyl/N-ethyl adjacent to an activating group) is 1. The lowest BCUT2D eigenvalue weighted by Gasteiger charge is -2.22. The first-order chi connectivity index (χ1) is 10.5. The molecule has 6 nitrogen and oxygen atoms in total. The first-order valence-corrected chi connectivity index (χ1v) is 9.44. The van der Waals surface area contributed by atoms with Crippen LogP contribution in [0.2, 0.25) is 0 Å². The third-order valence-corrected chi connectivity index (χ3v) is 5.79. The molecule has 0 bridgehead atoms. The average Bonchev–Trinajstić information content (AvgIpc) is 2.86. The molecule has 0 aliphatic carbocycles. The quantitative estimate of drug-likeness (QED) is 0.849. The minimum atomic E-state index is -2.89. The number of urea groups is 1. The standard InChI is InChI=1S/C15H23N3O3S/c1-2-18(9-5-13-3-7-16-8-4-13)15(19)17-11-14-6-10-22(20,21)12-14/h3-4,7-8,14H,2,5-6,9-12H2,1H3,(H,17,19). The van der Waals surface area contributed by atoms with Gasteiger partial charge in [0.15, 0.2) is 9.84 Å². The van der Waals surface area contributed by atoms with Crippen LogP contribution in [0.25, 0.3) is 0 Å². The van der Waals surface area contributed by atoms with Gasteiger partial charge < -0.3 is 10.2 Å². The van der Waals surface area contributed by atoms with E-state index in [-0.39, 0.29) is 23.5 Å². The number of hydrogen-bond acceptors (Lipinski definition) is 4. The molecule has 1 N–H and O–H groups in total. The molecule has 1 aliphatic rings. The van der Waals surface area contributed by atoms with E-state index in [1.165, 1.54) is 0 Å². The lowest BCUT2D eigenvalue weighted by atomic mass is 10.1. The van der Waals surface area contributed by atoms with Crippen LogP contribution >= 0.6 is 0 Å². The van der Waals surface area contributed by atoms with Gasteiger partial charge in [-0.1, -0.05) is 0 Å². The van der Waals surface area contributed by atoms with E-state index in [4.69, 9.17) is 0 Å². The van der Waals surface area contributed by atoms with Crippen LogP contribution in [0.4, 0.5) is 4.79 Å². The molecule has 1 atom stereocenters. The van der Waals surface area contributed by atoms with Crippen LogP contribution in [0.15, 0.2) is 24.5 Å².